The predicted molar refractivity (Wildman–Crippen MR) is 147 cm³/mol. The monoisotopic (exact) mass is 567 g/mol. The van der Waals surface area contributed by atoms with Crippen LogP contribution in [0.2, 0.25) is 10.0 Å². The molecule has 5 rings (SSSR count). The molecule has 0 bridgehead atoms. The van der Waals surface area contributed by atoms with Gasteiger partial charge in [-0.2, -0.15) is 5.10 Å². The molecule has 3 aromatic carbocycles. The van der Waals surface area contributed by atoms with Crippen molar-refractivity contribution in [1.29, 1.82) is 0 Å². The number of halogens is 3. The van der Waals surface area contributed by atoms with Crippen molar-refractivity contribution in [2.45, 2.75) is 0 Å². The molecule has 0 spiro atoms. The summed E-state index contributed by atoms with van der Waals surface area (Å²) in [7, 11) is 1.48. The van der Waals surface area contributed by atoms with E-state index in [1.165, 1.54) is 31.4 Å². The molecule has 11 heteroatoms. The Morgan fingerprint density at radius 3 is 2.23 bits per heavy atom. The number of carbonyl (C=O) groups excluding carboxylic acids is 2. The molecule has 0 radical (unpaired) electrons. The maximum atomic E-state index is 13.4. The Bertz CT molecular complexity index is 1500. The van der Waals surface area contributed by atoms with E-state index in [0.717, 1.165) is 5.56 Å². The highest BCUT2D eigenvalue weighted by Crippen LogP contribution is 2.37. The number of piperazine rings is 1. The molecule has 200 valence electrons. The minimum absolute atomic E-state index is 0.0761. The average molecular weight is 568 g/mol. The van der Waals surface area contributed by atoms with E-state index in [9.17, 15) is 14.0 Å². The van der Waals surface area contributed by atoms with Crippen LogP contribution in [-0.2, 0) is 0 Å². The third kappa shape index (κ3) is 5.61. The minimum atomic E-state index is -0.467. The van der Waals surface area contributed by atoms with Crippen LogP contribution in [0.5, 0.6) is 5.75 Å². The largest absolute Gasteiger partial charge is 0.492 e. The lowest BCUT2D eigenvalue weighted by Crippen LogP contribution is -2.54. The first-order valence-corrected chi connectivity index (χ1v) is 12.9. The lowest BCUT2D eigenvalue weighted by Gasteiger charge is -2.34. The van der Waals surface area contributed by atoms with Crippen LogP contribution in [0, 0.1) is 5.82 Å². The van der Waals surface area contributed by atoms with Gasteiger partial charge in [-0.05, 0) is 48.5 Å². The van der Waals surface area contributed by atoms with Crippen LogP contribution in [-0.4, -0.2) is 64.8 Å². The van der Waals surface area contributed by atoms with Gasteiger partial charge in [-0.1, -0.05) is 47.5 Å². The molecule has 2 amide bonds. The zero-order valence-electron chi connectivity index (χ0n) is 20.9. The van der Waals surface area contributed by atoms with E-state index in [1.54, 1.807) is 38.9 Å². The van der Waals surface area contributed by atoms with Crippen LogP contribution >= 0.6 is 23.2 Å². The van der Waals surface area contributed by atoms with Crippen molar-refractivity contribution in [3.63, 3.8) is 0 Å². The van der Waals surface area contributed by atoms with E-state index in [4.69, 9.17) is 27.9 Å². The summed E-state index contributed by atoms with van der Waals surface area (Å²) in [5, 5.41) is 7.35. The van der Waals surface area contributed by atoms with E-state index >= 15 is 0 Å². The molecule has 0 unspecified atom stereocenters. The molecule has 39 heavy (non-hydrogen) atoms. The average Bonchev–Trinajstić information content (AvgIpc) is 3.34. The molecular formula is C28H24Cl2FN5O3. The maximum absolute atomic E-state index is 13.4. The van der Waals surface area contributed by atoms with Crippen molar-refractivity contribution < 1.29 is 18.7 Å². The molecule has 8 nitrogen and oxygen atoms in total. The second-order valence-electron chi connectivity index (χ2n) is 8.83. The second-order valence-corrected chi connectivity index (χ2v) is 9.67. The topological polar surface area (TPSA) is 79.7 Å². The number of carbonyl (C=O) groups is 2. The highest BCUT2D eigenvalue weighted by atomic mass is 35.5. The Labute approximate surface area is 234 Å². The Balaban J connectivity index is 1.38. The number of para-hydroxylation sites is 1. The van der Waals surface area contributed by atoms with Gasteiger partial charge in [-0.3, -0.25) is 15.0 Å². The number of hydrazine groups is 1. The van der Waals surface area contributed by atoms with Gasteiger partial charge in [0, 0.05) is 42.3 Å². The lowest BCUT2D eigenvalue weighted by atomic mass is 10.1. The van der Waals surface area contributed by atoms with Gasteiger partial charge in [0.25, 0.3) is 11.8 Å². The maximum Gasteiger partial charge on any atom is 0.289 e. The molecule has 1 aliphatic rings. The van der Waals surface area contributed by atoms with Gasteiger partial charge in [0.1, 0.15) is 11.5 Å². The first-order valence-electron chi connectivity index (χ1n) is 12.1. The zero-order chi connectivity index (χ0) is 27.5. The van der Waals surface area contributed by atoms with Crippen molar-refractivity contribution in [1.82, 2.24) is 25.1 Å². The van der Waals surface area contributed by atoms with E-state index in [0.29, 0.717) is 53.2 Å². The van der Waals surface area contributed by atoms with Gasteiger partial charge in [0.15, 0.2) is 11.4 Å². The van der Waals surface area contributed by atoms with Crippen LogP contribution in [0.3, 0.4) is 0 Å². The van der Waals surface area contributed by atoms with Crippen molar-refractivity contribution >= 4 is 35.0 Å². The molecule has 2 heterocycles. The fourth-order valence-corrected chi connectivity index (χ4v) is 4.74. The Morgan fingerprint density at radius 2 is 1.59 bits per heavy atom. The summed E-state index contributed by atoms with van der Waals surface area (Å²) in [6, 6.07) is 19.7. The summed E-state index contributed by atoms with van der Waals surface area (Å²) in [4.78, 5) is 27.9. The predicted octanol–water partition coefficient (Wildman–Crippen LogP) is 5.10. The molecule has 1 aromatic heterocycles. The Kier molecular flexibility index (Phi) is 7.83. The number of hydrogen-bond acceptors (Lipinski definition) is 5. The quantitative estimate of drug-likeness (QED) is 0.351. The third-order valence-electron chi connectivity index (χ3n) is 6.38. The Hall–Kier alpha value is -3.92. The molecule has 1 fully saturated rings. The highest BCUT2D eigenvalue weighted by Gasteiger charge is 2.29. The zero-order valence-corrected chi connectivity index (χ0v) is 22.4. The van der Waals surface area contributed by atoms with E-state index in [1.807, 2.05) is 24.3 Å². The molecule has 1 aliphatic heterocycles. The van der Waals surface area contributed by atoms with Gasteiger partial charge in [0.2, 0.25) is 0 Å². The van der Waals surface area contributed by atoms with Crippen molar-refractivity contribution in [3.05, 3.63) is 99.9 Å². The summed E-state index contributed by atoms with van der Waals surface area (Å²) in [5.74, 6) is -0.773. The van der Waals surface area contributed by atoms with Gasteiger partial charge in [-0.25, -0.2) is 14.1 Å². The summed E-state index contributed by atoms with van der Waals surface area (Å²) >= 11 is 12.6. The smallest absolute Gasteiger partial charge is 0.289 e. The van der Waals surface area contributed by atoms with Gasteiger partial charge in [-0.15, -0.1) is 0 Å². The molecule has 0 saturated carbocycles. The van der Waals surface area contributed by atoms with Gasteiger partial charge in [0.05, 0.1) is 17.8 Å². The Morgan fingerprint density at radius 1 is 0.923 bits per heavy atom. The number of methoxy groups -OCH3 is 1. The number of hydrogen-bond donors (Lipinski definition) is 1. The summed E-state index contributed by atoms with van der Waals surface area (Å²) in [6.07, 6.45) is 0. The van der Waals surface area contributed by atoms with Crippen LogP contribution < -0.4 is 10.2 Å². The van der Waals surface area contributed by atoms with Crippen LogP contribution in [0.4, 0.5) is 4.39 Å². The van der Waals surface area contributed by atoms with Crippen molar-refractivity contribution in [3.8, 4) is 22.7 Å². The number of ether oxygens (including phenoxy) is 1. The molecule has 4 aromatic rings. The SMILES string of the molecule is COc1c(C(=O)NN2CCN(C(=O)c3ccc(F)cc3)CC2)nn(-c2ccccc2Cl)c1-c1ccc(Cl)cc1. The molecule has 1 saturated heterocycles. The van der Waals surface area contributed by atoms with Gasteiger partial charge < -0.3 is 9.64 Å². The fraction of sp³-hybridized carbons (Fsp3) is 0.179. The van der Waals surface area contributed by atoms with Crippen LogP contribution in [0.1, 0.15) is 20.8 Å². The number of nitrogens with one attached hydrogen (secondary N) is 1. The van der Waals surface area contributed by atoms with Crippen molar-refractivity contribution in [2.75, 3.05) is 33.3 Å². The number of rotatable bonds is 6. The number of nitrogens with zero attached hydrogens (tertiary/aromatic N) is 4. The van der Waals surface area contributed by atoms with Gasteiger partial charge >= 0.3 is 0 Å². The standard InChI is InChI=1S/C28H24Cl2FN5O3/c1-39-26-24(27(37)33-35-16-14-34(15-17-35)28(38)19-8-12-21(31)13-9-19)32-36(23-5-3-2-4-22(23)30)25(26)18-6-10-20(29)11-7-18/h2-13H,14-17H2,1H3,(H,33,37). The van der Waals surface area contributed by atoms with E-state index < -0.39 is 11.7 Å². The second kappa shape index (κ2) is 11.4. The normalized spacial score (nSPS) is 13.8. The van der Waals surface area contributed by atoms with E-state index in [-0.39, 0.29) is 17.4 Å². The summed E-state index contributed by atoms with van der Waals surface area (Å²) in [6.45, 7) is 1.57. The van der Waals surface area contributed by atoms with Crippen molar-refractivity contribution in [2.24, 2.45) is 0 Å². The third-order valence-corrected chi connectivity index (χ3v) is 6.95. The highest BCUT2D eigenvalue weighted by molar-refractivity contribution is 6.32. The first-order chi connectivity index (χ1) is 18.9. The minimum Gasteiger partial charge on any atom is -0.492 e. The summed E-state index contributed by atoms with van der Waals surface area (Å²) < 4.78 is 20.5. The number of amides is 2. The summed E-state index contributed by atoms with van der Waals surface area (Å²) in [5.41, 5.74) is 5.23. The molecule has 1 N–H and O–H groups in total. The first kappa shape index (κ1) is 26.7. The fourth-order valence-electron chi connectivity index (χ4n) is 4.40. The molecular weight excluding hydrogens is 544 g/mol. The molecule has 0 atom stereocenters. The number of aromatic nitrogens is 2. The van der Waals surface area contributed by atoms with E-state index in [2.05, 4.69) is 10.5 Å². The van der Waals surface area contributed by atoms with Crippen LogP contribution in [0.15, 0.2) is 72.8 Å². The molecule has 0 aliphatic carbocycles. The lowest BCUT2D eigenvalue weighted by molar-refractivity contribution is 0.0502. The van der Waals surface area contributed by atoms with Crippen LogP contribution in [0.25, 0.3) is 16.9 Å². The number of benzene rings is 3.